The smallest absolute Gasteiger partial charge is 0.119 e. The molecule has 0 unspecified atom stereocenters. The summed E-state index contributed by atoms with van der Waals surface area (Å²) in [6.07, 6.45) is 0. The number of nitrogens with zero attached hydrogens (tertiary/aromatic N) is 2. The van der Waals surface area contributed by atoms with Gasteiger partial charge in [-0.2, -0.15) is 0 Å². The average molecular weight is 312 g/mol. The Balaban J connectivity index is 1.63. The van der Waals surface area contributed by atoms with Gasteiger partial charge >= 0.3 is 0 Å². The zero-order valence-corrected chi connectivity index (χ0v) is 13.9. The van der Waals surface area contributed by atoms with E-state index in [1.165, 1.54) is 11.4 Å². The SMILES string of the molecule is CCOc1ccc(N2CCN(c3ccc(OCC)cc3)C2)cc1. The van der Waals surface area contributed by atoms with Gasteiger partial charge < -0.3 is 19.3 Å². The minimum absolute atomic E-state index is 0.703. The minimum Gasteiger partial charge on any atom is -0.494 e. The van der Waals surface area contributed by atoms with Crippen LogP contribution in [-0.2, 0) is 0 Å². The standard InChI is InChI=1S/C19H24N2O2/c1-3-22-18-9-5-16(6-10-18)20-13-14-21(15-20)17-7-11-19(12-8-17)23-4-2/h5-12H,3-4,13-15H2,1-2H3. The molecular formula is C19H24N2O2. The van der Waals surface area contributed by atoms with Gasteiger partial charge in [0.25, 0.3) is 0 Å². The topological polar surface area (TPSA) is 24.9 Å². The lowest BCUT2D eigenvalue weighted by molar-refractivity contribution is 0.340. The second-order valence-corrected chi connectivity index (χ2v) is 5.52. The lowest BCUT2D eigenvalue weighted by atomic mass is 10.3. The molecule has 1 aliphatic heterocycles. The van der Waals surface area contributed by atoms with Gasteiger partial charge in [0.05, 0.1) is 19.9 Å². The maximum absolute atomic E-state index is 5.50. The molecule has 1 fully saturated rings. The normalized spacial score (nSPS) is 14.2. The van der Waals surface area contributed by atoms with E-state index in [2.05, 4.69) is 34.1 Å². The van der Waals surface area contributed by atoms with E-state index in [4.69, 9.17) is 9.47 Å². The second kappa shape index (κ2) is 7.27. The molecule has 4 nitrogen and oxygen atoms in total. The number of hydrogen-bond donors (Lipinski definition) is 0. The largest absolute Gasteiger partial charge is 0.494 e. The fraction of sp³-hybridized carbons (Fsp3) is 0.368. The van der Waals surface area contributed by atoms with E-state index in [1.54, 1.807) is 0 Å². The van der Waals surface area contributed by atoms with E-state index in [0.29, 0.717) is 13.2 Å². The third kappa shape index (κ3) is 3.70. The summed E-state index contributed by atoms with van der Waals surface area (Å²) in [5, 5.41) is 0. The Bertz CT molecular complexity index is 555. The molecule has 0 aliphatic carbocycles. The van der Waals surface area contributed by atoms with Gasteiger partial charge in [-0.3, -0.25) is 0 Å². The van der Waals surface area contributed by atoms with Gasteiger partial charge in [-0.05, 0) is 62.4 Å². The Morgan fingerprint density at radius 1 is 0.696 bits per heavy atom. The molecule has 122 valence electrons. The van der Waals surface area contributed by atoms with Gasteiger partial charge in [-0.25, -0.2) is 0 Å². The average Bonchev–Trinajstić information content (AvgIpc) is 3.07. The molecule has 0 N–H and O–H groups in total. The maximum atomic E-state index is 5.50. The maximum Gasteiger partial charge on any atom is 0.119 e. The van der Waals surface area contributed by atoms with Crippen LogP contribution in [0.4, 0.5) is 11.4 Å². The van der Waals surface area contributed by atoms with Gasteiger partial charge in [0.1, 0.15) is 11.5 Å². The Morgan fingerprint density at radius 3 is 1.43 bits per heavy atom. The summed E-state index contributed by atoms with van der Waals surface area (Å²) in [5.41, 5.74) is 2.48. The van der Waals surface area contributed by atoms with Crippen LogP contribution in [-0.4, -0.2) is 33.0 Å². The van der Waals surface area contributed by atoms with Gasteiger partial charge in [-0.1, -0.05) is 0 Å². The summed E-state index contributed by atoms with van der Waals surface area (Å²) in [7, 11) is 0. The molecule has 1 heterocycles. The molecule has 3 rings (SSSR count). The van der Waals surface area contributed by atoms with Crippen LogP contribution >= 0.6 is 0 Å². The van der Waals surface area contributed by atoms with Crippen LogP contribution in [0.5, 0.6) is 11.5 Å². The van der Waals surface area contributed by atoms with Crippen molar-refractivity contribution in [2.45, 2.75) is 13.8 Å². The van der Waals surface area contributed by atoms with E-state index < -0.39 is 0 Å². The molecule has 1 saturated heterocycles. The molecule has 0 aromatic heterocycles. The molecule has 0 spiro atoms. The highest BCUT2D eigenvalue weighted by atomic mass is 16.5. The van der Waals surface area contributed by atoms with E-state index >= 15 is 0 Å². The minimum atomic E-state index is 0.703. The Labute approximate surface area is 138 Å². The van der Waals surface area contributed by atoms with Crippen LogP contribution in [0.25, 0.3) is 0 Å². The van der Waals surface area contributed by atoms with Crippen LogP contribution in [0.1, 0.15) is 13.8 Å². The van der Waals surface area contributed by atoms with Crippen molar-refractivity contribution >= 4 is 11.4 Å². The van der Waals surface area contributed by atoms with Crippen LogP contribution in [0, 0.1) is 0 Å². The lowest BCUT2D eigenvalue weighted by Gasteiger charge is -2.21. The third-order valence-electron chi connectivity index (χ3n) is 4.01. The number of rotatable bonds is 6. The number of ether oxygens (including phenoxy) is 2. The molecule has 4 heteroatoms. The summed E-state index contributed by atoms with van der Waals surface area (Å²) in [6, 6.07) is 16.7. The molecule has 0 radical (unpaired) electrons. The van der Waals surface area contributed by atoms with Crippen LogP contribution in [0.15, 0.2) is 48.5 Å². The number of anilines is 2. The van der Waals surface area contributed by atoms with E-state index in [-0.39, 0.29) is 0 Å². The zero-order chi connectivity index (χ0) is 16.1. The van der Waals surface area contributed by atoms with Gasteiger partial charge in [0.2, 0.25) is 0 Å². The quantitative estimate of drug-likeness (QED) is 0.810. The summed E-state index contributed by atoms with van der Waals surface area (Å²) >= 11 is 0. The molecular weight excluding hydrogens is 288 g/mol. The summed E-state index contributed by atoms with van der Waals surface area (Å²) in [6.45, 7) is 8.37. The first kappa shape index (κ1) is 15.5. The van der Waals surface area contributed by atoms with Crippen molar-refractivity contribution in [2.75, 3.05) is 42.8 Å². The first-order valence-corrected chi connectivity index (χ1v) is 8.25. The Morgan fingerprint density at radius 2 is 1.09 bits per heavy atom. The second-order valence-electron chi connectivity index (χ2n) is 5.52. The molecule has 23 heavy (non-hydrogen) atoms. The lowest BCUT2D eigenvalue weighted by Crippen LogP contribution is -2.24. The van der Waals surface area contributed by atoms with Crippen molar-refractivity contribution in [1.29, 1.82) is 0 Å². The van der Waals surface area contributed by atoms with Gasteiger partial charge in [-0.15, -0.1) is 0 Å². The van der Waals surface area contributed by atoms with Crippen molar-refractivity contribution in [3.8, 4) is 11.5 Å². The summed E-state index contributed by atoms with van der Waals surface area (Å²) in [5.74, 6) is 1.86. The molecule has 0 bridgehead atoms. The Hall–Kier alpha value is -2.36. The van der Waals surface area contributed by atoms with Crippen molar-refractivity contribution in [3.63, 3.8) is 0 Å². The number of benzene rings is 2. The highest BCUT2D eigenvalue weighted by Gasteiger charge is 2.20. The molecule has 0 amide bonds. The first-order chi connectivity index (χ1) is 11.3. The van der Waals surface area contributed by atoms with E-state index in [0.717, 1.165) is 31.3 Å². The highest BCUT2D eigenvalue weighted by Crippen LogP contribution is 2.26. The van der Waals surface area contributed by atoms with Crippen molar-refractivity contribution in [3.05, 3.63) is 48.5 Å². The Kier molecular flexibility index (Phi) is 4.91. The first-order valence-electron chi connectivity index (χ1n) is 8.25. The van der Waals surface area contributed by atoms with Crippen LogP contribution in [0.3, 0.4) is 0 Å². The fourth-order valence-electron chi connectivity index (χ4n) is 2.85. The summed E-state index contributed by atoms with van der Waals surface area (Å²) in [4.78, 5) is 4.76. The molecule has 0 atom stereocenters. The molecule has 2 aromatic rings. The number of hydrogen-bond acceptors (Lipinski definition) is 4. The predicted molar refractivity (Wildman–Crippen MR) is 94.8 cm³/mol. The molecule has 1 aliphatic rings. The highest BCUT2D eigenvalue weighted by molar-refractivity contribution is 5.56. The van der Waals surface area contributed by atoms with E-state index in [1.807, 2.05) is 38.1 Å². The predicted octanol–water partition coefficient (Wildman–Crippen LogP) is 3.77. The van der Waals surface area contributed by atoms with E-state index in [9.17, 15) is 0 Å². The fourth-order valence-corrected chi connectivity index (χ4v) is 2.85. The third-order valence-corrected chi connectivity index (χ3v) is 4.01. The zero-order valence-electron chi connectivity index (χ0n) is 13.9. The van der Waals surface area contributed by atoms with Crippen LogP contribution in [0.2, 0.25) is 0 Å². The monoisotopic (exact) mass is 312 g/mol. The summed E-state index contributed by atoms with van der Waals surface area (Å²) < 4.78 is 11.0. The van der Waals surface area contributed by atoms with Gasteiger partial charge in [0, 0.05) is 24.5 Å². The van der Waals surface area contributed by atoms with Crippen LogP contribution < -0.4 is 19.3 Å². The molecule has 2 aromatic carbocycles. The van der Waals surface area contributed by atoms with Crippen molar-refractivity contribution in [1.82, 2.24) is 0 Å². The molecule has 0 saturated carbocycles. The van der Waals surface area contributed by atoms with Crippen molar-refractivity contribution in [2.24, 2.45) is 0 Å². The van der Waals surface area contributed by atoms with Gasteiger partial charge in [0.15, 0.2) is 0 Å². The van der Waals surface area contributed by atoms with Crippen molar-refractivity contribution < 1.29 is 9.47 Å².